The number of halogens is 1. The predicted molar refractivity (Wildman–Crippen MR) is 75.0 cm³/mol. The zero-order valence-corrected chi connectivity index (χ0v) is 12.7. The van der Waals surface area contributed by atoms with E-state index in [-0.39, 0.29) is 6.04 Å². The van der Waals surface area contributed by atoms with Gasteiger partial charge in [-0.1, -0.05) is 22.0 Å². The monoisotopic (exact) mass is 332 g/mol. The molecule has 0 spiro atoms. The topological polar surface area (TPSA) is 49.4 Å². The minimum atomic E-state index is -3.37. The maximum absolute atomic E-state index is 12.5. The van der Waals surface area contributed by atoms with Crippen LogP contribution in [0.1, 0.15) is 12.8 Å². The van der Waals surface area contributed by atoms with Gasteiger partial charge in [-0.2, -0.15) is 4.31 Å². The summed E-state index contributed by atoms with van der Waals surface area (Å²) in [5.74, 6) is 0. The smallest absolute Gasteiger partial charge is 0.243 e. The van der Waals surface area contributed by atoms with Gasteiger partial charge in [-0.15, -0.1) is 0 Å². The van der Waals surface area contributed by atoms with Crippen LogP contribution in [0.4, 0.5) is 0 Å². The van der Waals surface area contributed by atoms with E-state index in [1.807, 2.05) is 13.1 Å². The fraction of sp³-hybridized carbons (Fsp3) is 0.500. The van der Waals surface area contributed by atoms with E-state index in [4.69, 9.17) is 0 Å². The first-order valence-electron chi connectivity index (χ1n) is 5.97. The molecule has 1 aliphatic heterocycles. The molecule has 1 saturated heterocycles. The van der Waals surface area contributed by atoms with Crippen molar-refractivity contribution in [3.05, 3.63) is 28.7 Å². The second-order valence-electron chi connectivity index (χ2n) is 4.43. The summed E-state index contributed by atoms with van der Waals surface area (Å²) in [6.45, 7) is 1.31. The number of likely N-dealkylation sites (N-methyl/N-ethyl adjacent to an activating group) is 1. The Kier molecular flexibility index (Phi) is 4.42. The molecule has 4 nitrogen and oxygen atoms in total. The van der Waals surface area contributed by atoms with Gasteiger partial charge in [-0.25, -0.2) is 8.42 Å². The molecule has 18 heavy (non-hydrogen) atoms. The summed E-state index contributed by atoms with van der Waals surface area (Å²) in [5, 5.41) is 3.06. The molecule has 1 fully saturated rings. The summed E-state index contributed by atoms with van der Waals surface area (Å²) in [6.07, 6.45) is 1.85. The molecular weight excluding hydrogens is 316 g/mol. The normalized spacial score (nSPS) is 21.3. The fourth-order valence-electron chi connectivity index (χ4n) is 2.33. The average molecular weight is 333 g/mol. The number of benzene rings is 1. The largest absolute Gasteiger partial charge is 0.318 e. The Morgan fingerprint density at radius 2 is 2.28 bits per heavy atom. The Labute approximate surface area is 117 Å². The van der Waals surface area contributed by atoms with Gasteiger partial charge in [0, 0.05) is 23.6 Å². The van der Waals surface area contributed by atoms with E-state index in [1.54, 1.807) is 22.5 Å². The van der Waals surface area contributed by atoms with Crippen LogP contribution in [0.3, 0.4) is 0 Å². The first-order valence-corrected chi connectivity index (χ1v) is 8.21. The molecule has 1 aromatic carbocycles. The van der Waals surface area contributed by atoms with Crippen molar-refractivity contribution in [3.63, 3.8) is 0 Å². The number of nitrogens with one attached hydrogen (secondary N) is 1. The van der Waals surface area contributed by atoms with Crippen molar-refractivity contribution >= 4 is 26.0 Å². The SMILES string of the molecule is CNC[C@@H]1CCCN1S(=O)(=O)c1cccc(Br)c1. The van der Waals surface area contributed by atoms with Gasteiger partial charge in [0.1, 0.15) is 0 Å². The van der Waals surface area contributed by atoms with Gasteiger partial charge >= 0.3 is 0 Å². The number of hydrogen-bond acceptors (Lipinski definition) is 3. The minimum Gasteiger partial charge on any atom is -0.318 e. The van der Waals surface area contributed by atoms with Crippen molar-refractivity contribution in [2.45, 2.75) is 23.8 Å². The highest BCUT2D eigenvalue weighted by Crippen LogP contribution is 2.27. The van der Waals surface area contributed by atoms with Crippen LogP contribution in [-0.2, 0) is 10.0 Å². The molecule has 1 heterocycles. The highest BCUT2D eigenvalue weighted by atomic mass is 79.9. The number of rotatable bonds is 4. The van der Waals surface area contributed by atoms with Gasteiger partial charge in [0.2, 0.25) is 10.0 Å². The maximum atomic E-state index is 12.5. The zero-order valence-electron chi connectivity index (χ0n) is 10.3. The van der Waals surface area contributed by atoms with Crippen LogP contribution >= 0.6 is 15.9 Å². The summed E-state index contributed by atoms with van der Waals surface area (Å²) < 4.78 is 27.5. The molecule has 100 valence electrons. The highest BCUT2D eigenvalue weighted by molar-refractivity contribution is 9.10. The third-order valence-electron chi connectivity index (χ3n) is 3.17. The molecule has 0 aromatic heterocycles. The first-order chi connectivity index (χ1) is 8.55. The van der Waals surface area contributed by atoms with E-state index in [0.29, 0.717) is 18.0 Å². The summed E-state index contributed by atoms with van der Waals surface area (Å²) >= 11 is 3.31. The maximum Gasteiger partial charge on any atom is 0.243 e. The molecule has 0 amide bonds. The Hall–Kier alpha value is -0.430. The third-order valence-corrected chi connectivity index (χ3v) is 5.61. The lowest BCUT2D eigenvalue weighted by molar-refractivity contribution is 0.379. The third kappa shape index (κ3) is 2.77. The Morgan fingerprint density at radius 1 is 1.50 bits per heavy atom. The fourth-order valence-corrected chi connectivity index (χ4v) is 4.62. The van der Waals surface area contributed by atoms with E-state index >= 15 is 0 Å². The van der Waals surface area contributed by atoms with Crippen LogP contribution < -0.4 is 5.32 Å². The van der Waals surface area contributed by atoms with E-state index in [2.05, 4.69) is 21.2 Å². The minimum absolute atomic E-state index is 0.0685. The zero-order chi connectivity index (χ0) is 13.2. The predicted octanol–water partition coefficient (Wildman–Crippen LogP) is 1.82. The van der Waals surface area contributed by atoms with Crippen molar-refractivity contribution < 1.29 is 8.42 Å². The summed E-state index contributed by atoms with van der Waals surface area (Å²) in [7, 11) is -1.52. The molecule has 1 aromatic rings. The Balaban J connectivity index is 2.30. The molecule has 0 bridgehead atoms. The van der Waals surface area contributed by atoms with Gasteiger partial charge < -0.3 is 5.32 Å². The van der Waals surface area contributed by atoms with Gasteiger partial charge in [0.05, 0.1) is 4.90 Å². The van der Waals surface area contributed by atoms with Gasteiger partial charge in [0.15, 0.2) is 0 Å². The molecule has 1 aliphatic rings. The van der Waals surface area contributed by atoms with E-state index < -0.39 is 10.0 Å². The first kappa shape index (κ1) is 14.0. The number of sulfonamides is 1. The Morgan fingerprint density at radius 3 is 2.94 bits per heavy atom. The lowest BCUT2D eigenvalue weighted by atomic mass is 10.2. The molecule has 6 heteroatoms. The summed E-state index contributed by atoms with van der Waals surface area (Å²) in [6, 6.07) is 6.95. The van der Waals surface area contributed by atoms with Crippen molar-refractivity contribution in [1.82, 2.24) is 9.62 Å². The van der Waals surface area contributed by atoms with Crippen LogP contribution in [0.25, 0.3) is 0 Å². The lowest BCUT2D eigenvalue weighted by Gasteiger charge is -2.23. The van der Waals surface area contributed by atoms with Crippen LogP contribution in [0.15, 0.2) is 33.6 Å². The molecule has 1 N–H and O–H groups in total. The summed E-state index contributed by atoms with van der Waals surface area (Å²) in [4.78, 5) is 0.361. The summed E-state index contributed by atoms with van der Waals surface area (Å²) in [5.41, 5.74) is 0. The molecule has 0 unspecified atom stereocenters. The van der Waals surface area contributed by atoms with Crippen molar-refractivity contribution in [1.29, 1.82) is 0 Å². The lowest BCUT2D eigenvalue weighted by Crippen LogP contribution is -2.40. The molecule has 0 radical (unpaired) electrons. The number of nitrogens with zero attached hydrogens (tertiary/aromatic N) is 1. The second kappa shape index (κ2) is 5.69. The van der Waals surface area contributed by atoms with Crippen molar-refractivity contribution in [3.8, 4) is 0 Å². The van der Waals surface area contributed by atoms with E-state index in [9.17, 15) is 8.42 Å². The molecular formula is C12H17BrN2O2S. The van der Waals surface area contributed by atoms with Gasteiger partial charge in [0.25, 0.3) is 0 Å². The highest BCUT2D eigenvalue weighted by Gasteiger charge is 2.34. The molecule has 0 aliphatic carbocycles. The average Bonchev–Trinajstić information content (AvgIpc) is 2.78. The van der Waals surface area contributed by atoms with E-state index in [1.165, 1.54) is 0 Å². The molecule has 0 saturated carbocycles. The molecule has 2 rings (SSSR count). The van der Waals surface area contributed by atoms with Gasteiger partial charge in [-0.05, 0) is 38.1 Å². The molecule has 1 atom stereocenters. The van der Waals surface area contributed by atoms with Crippen molar-refractivity contribution in [2.75, 3.05) is 20.1 Å². The van der Waals surface area contributed by atoms with Crippen LogP contribution in [0.2, 0.25) is 0 Å². The van der Waals surface area contributed by atoms with Gasteiger partial charge in [-0.3, -0.25) is 0 Å². The van der Waals surface area contributed by atoms with Crippen LogP contribution in [0, 0.1) is 0 Å². The van der Waals surface area contributed by atoms with Crippen molar-refractivity contribution in [2.24, 2.45) is 0 Å². The standard InChI is InChI=1S/C12H17BrN2O2S/c1-14-9-11-5-3-7-15(11)18(16,17)12-6-2-4-10(13)8-12/h2,4,6,8,11,14H,3,5,7,9H2,1H3/t11-/m0/s1. The second-order valence-corrected chi connectivity index (χ2v) is 7.23. The Bertz CT molecular complexity index is 519. The number of hydrogen-bond donors (Lipinski definition) is 1. The quantitative estimate of drug-likeness (QED) is 0.914. The van der Waals surface area contributed by atoms with E-state index in [0.717, 1.165) is 17.3 Å². The van der Waals surface area contributed by atoms with Crippen LogP contribution in [0.5, 0.6) is 0 Å². The van der Waals surface area contributed by atoms with Crippen LogP contribution in [-0.4, -0.2) is 38.9 Å².